The van der Waals surface area contributed by atoms with Crippen LogP contribution in [0.4, 0.5) is 8.78 Å². The van der Waals surface area contributed by atoms with E-state index in [0.717, 1.165) is 19.4 Å². The van der Waals surface area contributed by atoms with E-state index in [4.69, 9.17) is 9.84 Å². The monoisotopic (exact) mass is 354 g/mol. The quantitative estimate of drug-likeness (QED) is 0.782. The fourth-order valence-corrected chi connectivity index (χ4v) is 3.73. The number of aliphatic hydroxyl groups excluding tert-OH is 1. The van der Waals surface area contributed by atoms with Gasteiger partial charge in [-0.3, -0.25) is 9.69 Å². The van der Waals surface area contributed by atoms with Gasteiger partial charge in [-0.25, -0.2) is 8.78 Å². The zero-order valence-electron chi connectivity index (χ0n) is 14.3. The molecule has 2 fully saturated rings. The number of rotatable bonds is 7. The van der Waals surface area contributed by atoms with Gasteiger partial charge in [0.1, 0.15) is 0 Å². The third kappa shape index (κ3) is 4.27. The second kappa shape index (κ2) is 7.66. The Morgan fingerprint density at radius 2 is 2.00 bits per heavy atom. The van der Waals surface area contributed by atoms with Crippen LogP contribution in [-0.4, -0.2) is 48.8 Å². The lowest BCUT2D eigenvalue weighted by atomic mass is 9.98. The molecule has 25 heavy (non-hydrogen) atoms. The van der Waals surface area contributed by atoms with Gasteiger partial charge in [0, 0.05) is 32.1 Å². The minimum Gasteiger partial charge on any atom is -0.491 e. The van der Waals surface area contributed by atoms with Gasteiger partial charge in [-0.05, 0) is 42.4 Å². The first kappa shape index (κ1) is 18.1. The Labute approximate surface area is 146 Å². The summed E-state index contributed by atoms with van der Waals surface area (Å²) in [4.78, 5) is 13.9. The normalized spacial score (nSPS) is 23.7. The fourth-order valence-electron chi connectivity index (χ4n) is 3.73. The highest BCUT2D eigenvalue weighted by atomic mass is 19.1. The second-order valence-electron chi connectivity index (χ2n) is 6.94. The summed E-state index contributed by atoms with van der Waals surface area (Å²) in [6.45, 7) is 1.70. The van der Waals surface area contributed by atoms with Crippen LogP contribution in [0.3, 0.4) is 0 Å². The molecule has 0 spiro atoms. The Balaban J connectivity index is 1.66. The van der Waals surface area contributed by atoms with Crippen LogP contribution in [-0.2, 0) is 11.3 Å². The standard InChI is InChI=1S/C18H24F2N2O3/c1-25-18-14(19)6-11(7-15(18)20)8-22-9-13(12-2-3-12)16(10-22)21-17(24)4-5-23/h6-7,12-13,16,23H,2-5,8-10H2,1H3,(H,21,24)/t13-,16+/m1/s1. The van der Waals surface area contributed by atoms with Gasteiger partial charge in [-0.2, -0.15) is 0 Å². The number of aliphatic hydroxyl groups is 1. The summed E-state index contributed by atoms with van der Waals surface area (Å²) < 4.78 is 32.4. The molecule has 1 amide bonds. The van der Waals surface area contributed by atoms with E-state index in [1.54, 1.807) is 0 Å². The van der Waals surface area contributed by atoms with Crippen molar-refractivity contribution in [3.8, 4) is 5.75 Å². The molecule has 1 aliphatic heterocycles. The van der Waals surface area contributed by atoms with Crippen molar-refractivity contribution in [1.82, 2.24) is 10.2 Å². The maximum Gasteiger partial charge on any atom is 0.222 e. The van der Waals surface area contributed by atoms with E-state index in [-0.39, 0.29) is 30.7 Å². The summed E-state index contributed by atoms with van der Waals surface area (Å²) >= 11 is 0. The number of hydrogen-bond donors (Lipinski definition) is 2. The van der Waals surface area contributed by atoms with Crippen molar-refractivity contribution in [2.75, 3.05) is 26.8 Å². The molecule has 1 aromatic carbocycles. The molecule has 3 rings (SSSR count). The molecular weight excluding hydrogens is 330 g/mol. The maximum absolute atomic E-state index is 13.9. The number of nitrogens with one attached hydrogen (secondary N) is 1. The molecule has 1 heterocycles. The molecular formula is C18H24F2N2O3. The largest absolute Gasteiger partial charge is 0.491 e. The van der Waals surface area contributed by atoms with Gasteiger partial charge in [0.05, 0.1) is 13.7 Å². The van der Waals surface area contributed by atoms with E-state index in [1.165, 1.54) is 19.2 Å². The Morgan fingerprint density at radius 1 is 1.32 bits per heavy atom. The molecule has 1 aliphatic carbocycles. The second-order valence-corrected chi connectivity index (χ2v) is 6.94. The van der Waals surface area contributed by atoms with Crippen molar-refractivity contribution in [2.24, 2.45) is 11.8 Å². The molecule has 1 saturated heterocycles. The molecule has 2 atom stereocenters. The molecule has 138 valence electrons. The van der Waals surface area contributed by atoms with Crippen molar-refractivity contribution < 1.29 is 23.4 Å². The minimum atomic E-state index is -0.705. The first-order chi connectivity index (χ1) is 12.0. The Bertz CT molecular complexity index is 614. The van der Waals surface area contributed by atoms with Crippen molar-refractivity contribution >= 4 is 5.91 Å². The van der Waals surface area contributed by atoms with Crippen LogP contribution in [0.15, 0.2) is 12.1 Å². The lowest BCUT2D eigenvalue weighted by molar-refractivity contribution is -0.122. The smallest absolute Gasteiger partial charge is 0.222 e. The highest BCUT2D eigenvalue weighted by Gasteiger charge is 2.42. The van der Waals surface area contributed by atoms with Gasteiger partial charge in [0.15, 0.2) is 17.4 Å². The van der Waals surface area contributed by atoms with Gasteiger partial charge in [-0.15, -0.1) is 0 Å². The molecule has 0 unspecified atom stereocenters. The number of carbonyl (C=O) groups is 1. The number of ether oxygens (including phenoxy) is 1. The summed E-state index contributed by atoms with van der Waals surface area (Å²) in [5.41, 5.74) is 0.549. The zero-order chi connectivity index (χ0) is 18.0. The fraction of sp³-hybridized carbons (Fsp3) is 0.611. The maximum atomic E-state index is 13.9. The molecule has 2 aliphatic rings. The van der Waals surface area contributed by atoms with Crippen molar-refractivity contribution in [3.63, 3.8) is 0 Å². The third-order valence-corrected chi connectivity index (χ3v) is 5.02. The van der Waals surface area contributed by atoms with Crippen LogP contribution in [0.5, 0.6) is 5.75 Å². The number of methoxy groups -OCH3 is 1. The average Bonchev–Trinajstić information content (AvgIpc) is 3.30. The minimum absolute atomic E-state index is 0.0273. The predicted molar refractivity (Wildman–Crippen MR) is 88.0 cm³/mol. The van der Waals surface area contributed by atoms with Gasteiger partial charge < -0.3 is 15.2 Å². The Morgan fingerprint density at radius 3 is 2.56 bits per heavy atom. The van der Waals surface area contributed by atoms with Crippen LogP contribution in [0.1, 0.15) is 24.8 Å². The van der Waals surface area contributed by atoms with Gasteiger partial charge in [0.2, 0.25) is 5.91 Å². The van der Waals surface area contributed by atoms with E-state index in [1.807, 2.05) is 0 Å². The number of amides is 1. The van der Waals surface area contributed by atoms with Crippen molar-refractivity contribution in [3.05, 3.63) is 29.3 Å². The molecule has 2 N–H and O–H groups in total. The summed E-state index contributed by atoms with van der Waals surface area (Å²) in [7, 11) is 1.24. The first-order valence-corrected chi connectivity index (χ1v) is 8.66. The van der Waals surface area contributed by atoms with E-state index in [0.29, 0.717) is 30.5 Å². The Kier molecular flexibility index (Phi) is 5.54. The molecule has 5 nitrogen and oxygen atoms in total. The van der Waals surface area contributed by atoms with Gasteiger partial charge in [0.25, 0.3) is 0 Å². The lowest BCUT2D eigenvalue weighted by Crippen LogP contribution is -2.41. The summed E-state index contributed by atoms with van der Waals surface area (Å²) in [5, 5.41) is 11.9. The zero-order valence-corrected chi connectivity index (χ0v) is 14.3. The first-order valence-electron chi connectivity index (χ1n) is 8.66. The molecule has 0 radical (unpaired) electrons. The number of benzene rings is 1. The molecule has 7 heteroatoms. The van der Waals surface area contributed by atoms with Crippen LogP contribution >= 0.6 is 0 Å². The van der Waals surface area contributed by atoms with E-state index < -0.39 is 11.6 Å². The van der Waals surface area contributed by atoms with Crippen molar-refractivity contribution in [2.45, 2.75) is 31.8 Å². The van der Waals surface area contributed by atoms with Gasteiger partial charge >= 0.3 is 0 Å². The highest BCUT2D eigenvalue weighted by molar-refractivity contribution is 5.76. The van der Waals surface area contributed by atoms with E-state index in [2.05, 4.69) is 10.2 Å². The summed E-state index contributed by atoms with van der Waals surface area (Å²) in [6.07, 6.45) is 2.43. The number of likely N-dealkylation sites (tertiary alicyclic amines) is 1. The number of hydrogen-bond acceptors (Lipinski definition) is 4. The topological polar surface area (TPSA) is 61.8 Å². The number of halogens is 2. The van der Waals surface area contributed by atoms with Crippen LogP contribution in [0, 0.1) is 23.5 Å². The van der Waals surface area contributed by atoms with Crippen LogP contribution in [0.25, 0.3) is 0 Å². The van der Waals surface area contributed by atoms with Crippen molar-refractivity contribution in [1.29, 1.82) is 0 Å². The number of carbonyl (C=O) groups excluding carboxylic acids is 1. The highest BCUT2D eigenvalue weighted by Crippen LogP contribution is 2.41. The molecule has 1 aromatic rings. The SMILES string of the molecule is COc1c(F)cc(CN2C[C@H](NC(=O)CCO)[C@@H](C3CC3)C2)cc1F. The predicted octanol–water partition coefficient (Wildman–Crippen LogP) is 1.68. The number of nitrogens with zero attached hydrogens (tertiary/aromatic N) is 1. The van der Waals surface area contributed by atoms with E-state index in [9.17, 15) is 13.6 Å². The summed E-state index contributed by atoms with van der Waals surface area (Å²) in [5.74, 6) is -0.965. The Hall–Kier alpha value is -1.73. The van der Waals surface area contributed by atoms with Gasteiger partial charge in [-0.1, -0.05) is 0 Å². The average molecular weight is 354 g/mol. The van der Waals surface area contributed by atoms with Crippen LogP contribution < -0.4 is 10.1 Å². The molecule has 0 bridgehead atoms. The van der Waals surface area contributed by atoms with E-state index >= 15 is 0 Å². The lowest BCUT2D eigenvalue weighted by Gasteiger charge is -2.19. The molecule has 0 aromatic heterocycles. The third-order valence-electron chi connectivity index (χ3n) is 5.02. The summed E-state index contributed by atoms with van der Waals surface area (Å²) in [6, 6.07) is 2.62. The van der Waals surface area contributed by atoms with Crippen LogP contribution in [0.2, 0.25) is 0 Å². The molecule has 1 saturated carbocycles.